The Kier molecular flexibility index (Phi) is 3.89. The first-order chi connectivity index (χ1) is 6.56. The molecule has 80 valence electrons. The lowest BCUT2D eigenvalue weighted by atomic mass is 10.2. The minimum Gasteiger partial charge on any atom is -0.354 e. The van der Waals surface area contributed by atoms with Gasteiger partial charge in [-0.3, -0.25) is 0 Å². The summed E-state index contributed by atoms with van der Waals surface area (Å²) in [6.07, 6.45) is 0. The van der Waals surface area contributed by atoms with Crippen molar-refractivity contribution >= 4 is 16.5 Å². The third-order valence-electron chi connectivity index (χ3n) is 2.11. The highest BCUT2D eigenvalue weighted by atomic mass is 32.1. The molecule has 1 N–H and O–H groups in total. The van der Waals surface area contributed by atoms with Gasteiger partial charge < -0.3 is 10.2 Å². The Morgan fingerprint density at radius 1 is 1.50 bits per heavy atom. The molecule has 1 heterocycles. The number of nitrogens with one attached hydrogen (secondary N) is 1. The van der Waals surface area contributed by atoms with Crippen LogP contribution in [0.15, 0.2) is 0 Å². The summed E-state index contributed by atoms with van der Waals surface area (Å²) in [7, 11) is 4.06. The first kappa shape index (κ1) is 11.5. The van der Waals surface area contributed by atoms with Gasteiger partial charge in [0.1, 0.15) is 0 Å². The monoisotopic (exact) mass is 213 g/mol. The zero-order valence-electron chi connectivity index (χ0n) is 9.59. The first-order valence-electron chi connectivity index (χ1n) is 4.94. The molecule has 0 aliphatic heterocycles. The summed E-state index contributed by atoms with van der Waals surface area (Å²) < 4.78 is 0. The average molecular weight is 213 g/mol. The highest BCUT2D eigenvalue weighted by Gasteiger charge is 2.13. The van der Waals surface area contributed by atoms with E-state index < -0.39 is 0 Å². The molecule has 0 saturated carbocycles. The normalized spacial score (nSPS) is 12.9. The highest BCUT2D eigenvalue weighted by molar-refractivity contribution is 7.15. The smallest absolute Gasteiger partial charge is 0.185 e. The fourth-order valence-electron chi connectivity index (χ4n) is 1.39. The van der Waals surface area contributed by atoms with Gasteiger partial charge in [-0.25, -0.2) is 4.98 Å². The number of thiazole rings is 1. The van der Waals surface area contributed by atoms with Crippen LogP contribution in [0.3, 0.4) is 0 Å². The fraction of sp³-hybridized carbons (Fsp3) is 0.700. The molecular formula is C10H19N3S. The van der Waals surface area contributed by atoms with Gasteiger partial charge >= 0.3 is 0 Å². The van der Waals surface area contributed by atoms with Crippen molar-refractivity contribution in [2.24, 2.45) is 0 Å². The van der Waals surface area contributed by atoms with Crippen LogP contribution in [-0.4, -0.2) is 25.6 Å². The van der Waals surface area contributed by atoms with E-state index in [0.717, 1.165) is 17.4 Å². The molecule has 0 fully saturated rings. The van der Waals surface area contributed by atoms with Gasteiger partial charge in [0.25, 0.3) is 0 Å². The summed E-state index contributed by atoms with van der Waals surface area (Å²) in [5.74, 6) is 0. The van der Waals surface area contributed by atoms with E-state index in [2.05, 4.69) is 36.0 Å². The summed E-state index contributed by atoms with van der Waals surface area (Å²) >= 11 is 1.77. The fourth-order valence-corrected chi connectivity index (χ4v) is 2.40. The maximum Gasteiger partial charge on any atom is 0.185 e. The standard InChI is InChI=1S/C10H19N3S/c1-6-11-7(2)9-8(3)12-10(14-9)13(4)5/h7,11H,6H2,1-5H3. The second-order valence-electron chi connectivity index (χ2n) is 3.62. The Morgan fingerprint density at radius 3 is 2.57 bits per heavy atom. The molecule has 0 amide bonds. The molecule has 4 heteroatoms. The predicted octanol–water partition coefficient (Wildman–Crippen LogP) is 2.19. The van der Waals surface area contributed by atoms with Crippen molar-refractivity contribution in [3.8, 4) is 0 Å². The van der Waals surface area contributed by atoms with Gasteiger partial charge in [-0.1, -0.05) is 6.92 Å². The van der Waals surface area contributed by atoms with Gasteiger partial charge in [0.15, 0.2) is 5.13 Å². The minimum absolute atomic E-state index is 0.409. The van der Waals surface area contributed by atoms with Crippen LogP contribution >= 0.6 is 11.3 Å². The Hall–Kier alpha value is -0.610. The van der Waals surface area contributed by atoms with Crippen LogP contribution in [0.4, 0.5) is 5.13 Å². The number of hydrogen-bond donors (Lipinski definition) is 1. The molecule has 0 aliphatic rings. The van der Waals surface area contributed by atoms with Crippen LogP contribution in [0.1, 0.15) is 30.5 Å². The molecule has 1 rings (SSSR count). The quantitative estimate of drug-likeness (QED) is 0.831. The molecule has 1 unspecified atom stereocenters. The maximum atomic E-state index is 4.52. The highest BCUT2D eigenvalue weighted by Crippen LogP contribution is 2.29. The van der Waals surface area contributed by atoms with E-state index >= 15 is 0 Å². The van der Waals surface area contributed by atoms with Crippen molar-refractivity contribution in [3.63, 3.8) is 0 Å². The second-order valence-corrected chi connectivity index (χ2v) is 4.63. The Balaban J connectivity index is 2.86. The van der Waals surface area contributed by atoms with Crippen LogP contribution in [0.2, 0.25) is 0 Å². The van der Waals surface area contributed by atoms with E-state index in [4.69, 9.17) is 0 Å². The maximum absolute atomic E-state index is 4.52. The molecule has 1 aromatic rings. The summed E-state index contributed by atoms with van der Waals surface area (Å²) in [4.78, 5) is 7.92. The molecule has 0 aliphatic carbocycles. The molecule has 0 radical (unpaired) electrons. The Morgan fingerprint density at radius 2 is 2.14 bits per heavy atom. The van der Waals surface area contributed by atoms with E-state index in [-0.39, 0.29) is 0 Å². The van der Waals surface area contributed by atoms with Gasteiger partial charge in [0, 0.05) is 25.0 Å². The lowest BCUT2D eigenvalue weighted by Gasteiger charge is -2.10. The number of anilines is 1. The third-order valence-corrected chi connectivity index (χ3v) is 3.62. The second kappa shape index (κ2) is 4.75. The summed E-state index contributed by atoms with van der Waals surface area (Å²) in [6.45, 7) is 7.38. The number of hydrogen-bond acceptors (Lipinski definition) is 4. The topological polar surface area (TPSA) is 28.2 Å². The zero-order chi connectivity index (χ0) is 10.7. The van der Waals surface area contributed by atoms with Gasteiger partial charge in [0.05, 0.1) is 5.69 Å². The lowest BCUT2D eigenvalue weighted by Crippen LogP contribution is -2.17. The lowest BCUT2D eigenvalue weighted by molar-refractivity contribution is 0.603. The van der Waals surface area contributed by atoms with Gasteiger partial charge in [-0.2, -0.15) is 0 Å². The van der Waals surface area contributed by atoms with Crippen LogP contribution in [-0.2, 0) is 0 Å². The van der Waals surface area contributed by atoms with E-state index in [9.17, 15) is 0 Å². The van der Waals surface area contributed by atoms with Crippen LogP contribution in [0, 0.1) is 6.92 Å². The van der Waals surface area contributed by atoms with Crippen LogP contribution < -0.4 is 10.2 Å². The van der Waals surface area contributed by atoms with Crippen molar-refractivity contribution in [2.45, 2.75) is 26.8 Å². The van der Waals surface area contributed by atoms with Crippen molar-refractivity contribution in [1.82, 2.24) is 10.3 Å². The Bertz CT molecular complexity index is 294. The van der Waals surface area contributed by atoms with Gasteiger partial charge in [-0.15, -0.1) is 11.3 Å². The summed E-state index contributed by atoms with van der Waals surface area (Å²) in [5.41, 5.74) is 1.15. The van der Waals surface area contributed by atoms with Crippen molar-refractivity contribution in [2.75, 3.05) is 25.5 Å². The number of aryl methyl sites for hydroxylation is 1. The molecule has 14 heavy (non-hydrogen) atoms. The van der Waals surface area contributed by atoms with E-state index in [1.54, 1.807) is 11.3 Å². The van der Waals surface area contributed by atoms with Crippen molar-refractivity contribution < 1.29 is 0 Å². The summed E-state index contributed by atoms with van der Waals surface area (Å²) in [5, 5.41) is 4.49. The first-order valence-corrected chi connectivity index (χ1v) is 5.76. The molecule has 0 bridgehead atoms. The van der Waals surface area contributed by atoms with Crippen molar-refractivity contribution in [1.29, 1.82) is 0 Å². The van der Waals surface area contributed by atoms with E-state index in [1.165, 1.54) is 4.88 Å². The third kappa shape index (κ3) is 2.45. The van der Waals surface area contributed by atoms with Crippen LogP contribution in [0.5, 0.6) is 0 Å². The van der Waals surface area contributed by atoms with Crippen molar-refractivity contribution in [3.05, 3.63) is 10.6 Å². The molecule has 0 spiro atoms. The average Bonchev–Trinajstić information content (AvgIpc) is 2.48. The van der Waals surface area contributed by atoms with Gasteiger partial charge in [0.2, 0.25) is 0 Å². The molecule has 3 nitrogen and oxygen atoms in total. The zero-order valence-corrected chi connectivity index (χ0v) is 10.4. The number of rotatable bonds is 4. The number of aromatic nitrogens is 1. The molecule has 1 atom stereocenters. The largest absolute Gasteiger partial charge is 0.354 e. The predicted molar refractivity (Wildman–Crippen MR) is 63.3 cm³/mol. The Labute approximate surface area is 90.2 Å². The SMILES string of the molecule is CCNC(C)c1sc(N(C)C)nc1C. The van der Waals surface area contributed by atoms with Gasteiger partial charge in [-0.05, 0) is 20.4 Å². The molecule has 1 aromatic heterocycles. The minimum atomic E-state index is 0.409. The molecule has 0 saturated heterocycles. The molecule has 0 aromatic carbocycles. The molecular weight excluding hydrogens is 194 g/mol. The summed E-state index contributed by atoms with van der Waals surface area (Å²) in [6, 6.07) is 0.409. The van der Waals surface area contributed by atoms with E-state index in [0.29, 0.717) is 6.04 Å². The van der Waals surface area contributed by atoms with Crippen LogP contribution in [0.25, 0.3) is 0 Å². The van der Waals surface area contributed by atoms with E-state index in [1.807, 2.05) is 14.1 Å². The number of nitrogens with zero attached hydrogens (tertiary/aromatic N) is 2.